The molecule has 4 heteroatoms. The molecular formula is C10H17NO2S. The van der Waals surface area contributed by atoms with E-state index in [1.165, 1.54) is 0 Å². The summed E-state index contributed by atoms with van der Waals surface area (Å²) in [7, 11) is 0. The van der Waals surface area contributed by atoms with Crippen LogP contribution < -0.4 is 0 Å². The maximum atomic E-state index is 12.1. The molecule has 80 valence electrons. The standard InChI is InChI=1S/C10H17NO2S/c1-10(5-4-8-14-10)9(12)11-6-2-3-7-13-11/h2-8H2,1H3. The van der Waals surface area contributed by atoms with Gasteiger partial charge in [-0.05, 0) is 38.4 Å². The Morgan fingerprint density at radius 2 is 2.29 bits per heavy atom. The normalized spacial score (nSPS) is 33.4. The second kappa shape index (κ2) is 4.11. The van der Waals surface area contributed by atoms with Crippen LogP contribution in [0.25, 0.3) is 0 Å². The molecule has 0 aromatic carbocycles. The first-order valence-corrected chi connectivity index (χ1v) is 6.30. The zero-order valence-electron chi connectivity index (χ0n) is 8.62. The molecule has 0 aliphatic carbocycles. The molecule has 1 atom stereocenters. The van der Waals surface area contributed by atoms with Crippen molar-refractivity contribution in [3.63, 3.8) is 0 Å². The van der Waals surface area contributed by atoms with E-state index in [9.17, 15) is 4.79 Å². The van der Waals surface area contributed by atoms with Crippen molar-refractivity contribution in [1.29, 1.82) is 0 Å². The Morgan fingerprint density at radius 3 is 2.86 bits per heavy atom. The molecule has 0 spiro atoms. The Morgan fingerprint density at radius 1 is 1.43 bits per heavy atom. The molecular weight excluding hydrogens is 198 g/mol. The molecule has 0 aromatic rings. The zero-order valence-corrected chi connectivity index (χ0v) is 9.44. The summed E-state index contributed by atoms with van der Waals surface area (Å²) < 4.78 is -0.211. The van der Waals surface area contributed by atoms with Gasteiger partial charge in [0, 0.05) is 6.54 Å². The summed E-state index contributed by atoms with van der Waals surface area (Å²) in [6.45, 7) is 3.52. The van der Waals surface area contributed by atoms with Crippen LogP contribution in [-0.4, -0.2) is 34.6 Å². The molecule has 3 nitrogen and oxygen atoms in total. The van der Waals surface area contributed by atoms with Crippen molar-refractivity contribution in [2.24, 2.45) is 0 Å². The highest BCUT2D eigenvalue weighted by Crippen LogP contribution is 2.39. The molecule has 0 radical (unpaired) electrons. The largest absolute Gasteiger partial charge is 0.271 e. The fraction of sp³-hybridized carbons (Fsp3) is 0.900. The summed E-state index contributed by atoms with van der Waals surface area (Å²) in [6.07, 6.45) is 4.30. The summed E-state index contributed by atoms with van der Waals surface area (Å²) in [6, 6.07) is 0. The van der Waals surface area contributed by atoms with Crippen LogP contribution in [0.2, 0.25) is 0 Å². The molecule has 0 saturated carbocycles. The minimum atomic E-state index is -0.211. The van der Waals surface area contributed by atoms with Crippen molar-refractivity contribution in [2.75, 3.05) is 18.9 Å². The Hall–Kier alpha value is -0.220. The van der Waals surface area contributed by atoms with E-state index in [0.29, 0.717) is 6.61 Å². The van der Waals surface area contributed by atoms with Crippen LogP contribution in [0.4, 0.5) is 0 Å². The lowest BCUT2D eigenvalue weighted by atomic mass is 10.0. The maximum Gasteiger partial charge on any atom is 0.262 e. The molecule has 0 aromatic heterocycles. The Balaban J connectivity index is 1.98. The van der Waals surface area contributed by atoms with E-state index in [1.54, 1.807) is 16.8 Å². The third kappa shape index (κ3) is 1.91. The topological polar surface area (TPSA) is 29.5 Å². The van der Waals surface area contributed by atoms with Crippen molar-refractivity contribution < 1.29 is 9.63 Å². The molecule has 1 unspecified atom stereocenters. The Bertz CT molecular complexity index is 220. The molecule has 0 N–H and O–H groups in total. The Kier molecular flexibility index (Phi) is 3.02. The highest BCUT2D eigenvalue weighted by atomic mass is 32.2. The second-order valence-corrected chi connectivity index (χ2v) is 5.73. The van der Waals surface area contributed by atoms with Gasteiger partial charge in [-0.1, -0.05) is 0 Å². The van der Waals surface area contributed by atoms with Gasteiger partial charge in [-0.15, -0.1) is 11.8 Å². The minimum absolute atomic E-state index is 0.180. The van der Waals surface area contributed by atoms with Gasteiger partial charge >= 0.3 is 0 Å². The first kappa shape index (κ1) is 10.3. The number of thioether (sulfide) groups is 1. The highest BCUT2D eigenvalue weighted by molar-refractivity contribution is 8.01. The fourth-order valence-electron chi connectivity index (χ4n) is 1.97. The summed E-state index contributed by atoms with van der Waals surface area (Å²) in [5, 5.41) is 1.59. The first-order chi connectivity index (χ1) is 6.72. The maximum absolute atomic E-state index is 12.1. The number of carbonyl (C=O) groups is 1. The van der Waals surface area contributed by atoms with Gasteiger partial charge in [0.1, 0.15) is 0 Å². The molecule has 2 saturated heterocycles. The lowest BCUT2D eigenvalue weighted by Gasteiger charge is -2.32. The predicted octanol–water partition coefficient (Wildman–Crippen LogP) is 1.83. The van der Waals surface area contributed by atoms with Gasteiger partial charge in [-0.25, -0.2) is 5.06 Å². The average molecular weight is 215 g/mol. The van der Waals surface area contributed by atoms with Crippen LogP contribution >= 0.6 is 11.8 Å². The number of rotatable bonds is 1. The lowest BCUT2D eigenvalue weighted by molar-refractivity contribution is -0.199. The SMILES string of the molecule is CC1(C(=O)N2CCCCO2)CCCS1. The molecule has 2 heterocycles. The van der Waals surface area contributed by atoms with Gasteiger partial charge in [-0.3, -0.25) is 9.63 Å². The van der Waals surface area contributed by atoms with Crippen LogP contribution in [0.3, 0.4) is 0 Å². The van der Waals surface area contributed by atoms with E-state index in [-0.39, 0.29) is 10.7 Å². The molecule has 2 fully saturated rings. The quantitative estimate of drug-likeness (QED) is 0.668. The van der Waals surface area contributed by atoms with Crippen molar-refractivity contribution in [3.05, 3.63) is 0 Å². The molecule has 14 heavy (non-hydrogen) atoms. The first-order valence-electron chi connectivity index (χ1n) is 5.31. The van der Waals surface area contributed by atoms with Crippen LogP contribution in [0, 0.1) is 0 Å². The molecule has 2 aliphatic heterocycles. The molecule has 1 amide bonds. The van der Waals surface area contributed by atoms with E-state index in [2.05, 4.69) is 0 Å². The van der Waals surface area contributed by atoms with Gasteiger partial charge in [-0.2, -0.15) is 0 Å². The number of amides is 1. The van der Waals surface area contributed by atoms with Gasteiger partial charge in [0.2, 0.25) is 0 Å². The number of hydroxylamine groups is 2. The van der Waals surface area contributed by atoms with Crippen molar-refractivity contribution in [1.82, 2.24) is 5.06 Å². The summed E-state index contributed by atoms with van der Waals surface area (Å²) in [4.78, 5) is 17.5. The second-order valence-electron chi connectivity index (χ2n) is 4.13. The van der Waals surface area contributed by atoms with E-state index >= 15 is 0 Å². The van der Waals surface area contributed by atoms with Crippen molar-refractivity contribution in [2.45, 2.75) is 37.4 Å². The fourth-order valence-corrected chi connectivity index (χ4v) is 3.22. The summed E-state index contributed by atoms with van der Waals surface area (Å²) in [5.41, 5.74) is 0. The predicted molar refractivity (Wildman–Crippen MR) is 57.0 cm³/mol. The van der Waals surface area contributed by atoms with E-state index in [4.69, 9.17) is 4.84 Å². The van der Waals surface area contributed by atoms with Gasteiger partial charge < -0.3 is 0 Å². The van der Waals surface area contributed by atoms with E-state index in [1.807, 2.05) is 6.92 Å². The van der Waals surface area contributed by atoms with Gasteiger partial charge in [0.15, 0.2) is 0 Å². The summed E-state index contributed by atoms with van der Waals surface area (Å²) >= 11 is 1.78. The molecule has 2 rings (SSSR count). The van der Waals surface area contributed by atoms with Crippen LogP contribution in [0.15, 0.2) is 0 Å². The third-order valence-electron chi connectivity index (χ3n) is 2.90. The van der Waals surface area contributed by atoms with Crippen LogP contribution in [0.1, 0.15) is 32.6 Å². The Labute approximate surface area is 89.1 Å². The monoisotopic (exact) mass is 215 g/mol. The number of hydrogen-bond acceptors (Lipinski definition) is 3. The van der Waals surface area contributed by atoms with E-state index in [0.717, 1.165) is 38.0 Å². The van der Waals surface area contributed by atoms with Crippen LogP contribution in [0.5, 0.6) is 0 Å². The number of carbonyl (C=O) groups excluding carboxylic acids is 1. The molecule has 0 bridgehead atoms. The number of nitrogens with zero attached hydrogens (tertiary/aromatic N) is 1. The summed E-state index contributed by atoms with van der Waals surface area (Å²) in [5.74, 6) is 1.29. The van der Waals surface area contributed by atoms with Crippen molar-refractivity contribution >= 4 is 17.7 Å². The smallest absolute Gasteiger partial charge is 0.262 e. The van der Waals surface area contributed by atoms with Gasteiger partial charge in [0.25, 0.3) is 5.91 Å². The van der Waals surface area contributed by atoms with Crippen molar-refractivity contribution in [3.8, 4) is 0 Å². The molecule has 2 aliphatic rings. The third-order valence-corrected chi connectivity index (χ3v) is 4.41. The highest BCUT2D eigenvalue weighted by Gasteiger charge is 2.40. The number of hydrogen-bond donors (Lipinski definition) is 0. The lowest BCUT2D eigenvalue weighted by Crippen LogP contribution is -2.45. The average Bonchev–Trinajstić information content (AvgIpc) is 2.67. The van der Waals surface area contributed by atoms with Crippen LogP contribution in [-0.2, 0) is 9.63 Å². The van der Waals surface area contributed by atoms with Gasteiger partial charge in [0.05, 0.1) is 11.4 Å². The zero-order chi connectivity index (χ0) is 10.0. The minimum Gasteiger partial charge on any atom is -0.271 e. The van der Waals surface area contributed by atoms with E-state index < -0.39 is 0 Å².